The molecule has 2 heteroatoms. The van der Waals surface area contributed by atoms with E-state index in [2.05, 4.69) is 53.0 Å². The molecule has 17 heavy (non-hydrogen) atoms. The Kier molecular flexibility index (Phi) is 2.62. The van der Waals surface area contributed by atoms with Crippen molar-refractivity contribution in [2.45, 2.75) is 12.1 Å². The Morgan fingerprint density at radius 3 is 2.06 bits per heavy atom. The highest BCUT2D eigenvalue weighted by Gasteiger charge is 2.26. The van der Waals surface area contributed by atoms with Crippen LogP contribution in [0.4, 0.5) is 0 Å². The predicted molar refractivity (Wildman–Crippen MR) is 68.9 cm³/mol. The number of aliphatic imine (C=N–C) groups is 1. The molecule has 0 unspecified atom stereocenters. The van der Waals surface area contributed by atoms with E-state index >= 15 is 0 Å². The molecule has 1 aliphatic heterocycles. The van der Waals surface area contributed by atoms with Crippen molar-refractivity contribution in [1.82, 2.24) is 5.32 Å². The quantitative estimate of drug-likeness (QED) is 0.828. The third-order valence-electron chi connectivity index (χ3n) is 3.04. The fourth-order valence-corrected chi connectivity index (χ4v) is 2.17. The van der Waals surface area contributed by atoms with Crippen LogP contribution in [0.3, 0.4) is 0 Å². The molecule has 0 fully saturated rings. The molecule has 1 N–H and O–H groups in total. The van der Waals surface area contributed by atoms with Gasteiger partial charge in [0.25, 0.3) is 0 Å². The first-order chi connectivity index (χ1) is 8.45. The van der Waals surface area contributed by atoms with Crippen LogP contribution in [0.25, 0.3) is 0 Å². The van der Waals surface area contributed by atoms with E-state index in [1.165, 1.54) is 11.1 Å². The lowest BCUT2D eigenvalue weighted by Crippen LogP contribution is -2.18. The normalized spacial score (nSPS) is 22.4. The molecule has 0 spiro atoms. The van der Waals surface area contributed by atoms with Crippen LogP contribution in [0.1, 0.15) is 23.2 Å². The average Bonchev–Trinajstić information content (AvgIpc) is 2.90. The van der Waals surface area contributed by atoms with Crippen molar-refractivity contribution in [2.75, 3.05) is 0 Å². The van der Waals surface area contributed by atoms with Gasteiger partial charge in [-0.2, -0.15) is 0 Å². The van der Waals surface area contributed by atoms with E-state index in [0.29, 0.717) is 0 Å². The summed E-state index contributed by atoms with van der Waals surface area (Å²) in [5.41, 5.74) is 2.47. The van der Waals surface area contributed by atoms with E-state index < -0.39 is 0 Å². The van der Waals surface area contributed by atoms with Gasteiger partial charge >= 0.3 is 0 Å². The first kappa shape index (κ1) is 10.1. The summed E-state index contributed by atoms with van der Waals surface area (Å²) in [6, 6.07) is 21.0. The minimum absolute atomic E-state index is 0.124. The van der Waals surface area contributed by atoms with Gasteiger partial charge in [-0.15, -0.1) is 0 Å². The average molecular weight is 221 g/mol. The van der Waals surface area contributed by atoms with Crippen LogP contribution in [0, 0.1) is 0 Å². The maximum absolute atomic E-state index is 4.40. The molecule has 1 aliphatic rings. The molecule has 0 bridgehead atoms. The van der Waals surface area contributed by atoms with Gasteiger partial charge in [0, 0.05) is 0 Å². The molecular weight excluding hydrogens is 208 g/mol. The molecule has 3 rings (SSSR count). The van der Waals surface area contributed by atoms with Crippen molar-refractivity contribution in [2.24, 2.45) is 4.99 Å². The Morgan fingerprint density at radius 1 is 0.824 bits per heavy atom. The summed E-state index contributed by atoms with van der Waals surface area (Å²) in [5.74, 6) is 0. The Balaban J connectivity index is 1.93. The zero-order valence-electron chi connectivity index (χ0n) is 9.38. The van der Waals surface area contributed by atoms with Gasteiger partial charge in [0.1, 0.15) is 6.04 Å². The van der Waals surface area contributed by atoms with E-state index in [0.717, 1.165) is 0 Å². The molecule has 2 aromatic carbocycles. The lowest BCUT2D eigenvalue weighted by Gasteiger charge is -2.18. The number of rotatable bonds is 2. The van der Waals surface area contributed by atoms with Gasteiger partial charge < -0.3 is 5.32 Å². The van der Waals surface area contributed by atoms with E-state index in [-0.39, 0.29) is 12.1 Å². The molecule has 83 valence electrons. The number of nitrogens with zero attached hydrogens (tertiary/aromatic N) is 1. The van der Waals surface area contributed by atoms with Crippen molar-refractivity contribution in [3.8, 4) is 0 Å². The molecule has 2 aromatic rings. The van der Waals surface area contributed by atoms with Gasteiger partial charge in [0.05, 0.1) is 6.04 Å². The fraction of sp³-hybridized carbons (Fsp3) is 0.133. The van der Waals surface area contributed by atoms with E-state index in [9.17, 15) is 0 Å². The maximum Gasteiger partial charge on any atom is 0.165 e. The molecule has 1 radical (unpaired) electrons. The SMILES string of the molecule is [C]1=N[C@H](c2ccccc2)[C@H](c2ccccc2)N1. The van der Waals surface area contributed by atoms with Crippen molar-refractivity contribution >= 4 is 6.34 Å². The number of benzene rings is 2. The third-order valence-corrected chi connectivity index (χ3v) is 3.04. The highest BCUT2D eigenvalue weighted by atomic mass is 15.1. The first-order valence-electron chi connectivity index (χ1n) is 5.75. The summed E-state index contributed by atoms with van der Waals surface area (Å²) in [5, 5.41) is 3.20. The second-order valence-electron chi connectivity index (χ2n) is 4.13. The molecule has 2 nitrogen and oxygen atoms in total. The molecule has 0 amide bonds. The van der Waals surface area contributed by atoms with Gasteiger partial charge in [-0.05, 0) is 11.1 Å². The number of hydrogen-bond acceptors (Lipinski definition) is 2. The van der Waals surface area contributed by atoms with E-state index in [1.54, 1.807) is 0 Å². The molecule has 1 heterocycles. The van der Waals surface area contributed by atoms with Gasteiger partial charge in [0.2, 0.25) is 0 Å². The molecule has 0 saturated heterocycles. The Bertz CT molecular complexity index is 505. The van der Waals surface area contributed by atoms with Gasteiger partial charge in [-0.25, -0.2) is 0 Å². The zero-order valence-corrected chi connectivity index (χ0v) is 9.38. The third kappa shape index (κ3) is 1.94. The lowest BCUT2D eigenvalue weighted by molar-refractivity contribution is 0.573. The maximum atomic E-state index is 4.40. The van der Waals surface area contributed by atoms with Gasteiger partial charge in [-0.3, -0.25) is 4.99 Å². The lowest BCUT2D eigenvalue weighted by atomic mass is 9.95. The zero-order chi connectivity index (χ0) is 11.5. The van der Waals surface area contributed by atoms with Crippen molar-refractivity contribution in [3.63, 3.8) is 0 Å². The van der Waals surface area contributed by atoms with Crippen molar-refractivity contribution < 1.29 is 0 Å². The minimum Gasteiger partial charge on any atom is -0.358 e. The largest absolute Gasteiger partial charge is 0.358 e. The van der Waals surface area contributed by atoms with Crippen LogP contribution < -0.4 is 5.32 Å². The van der Waals surface area contributed by atoms with E-state index in [1.807, 2.05) is 24.3 Å². The van der Waals surface area contributed by atoms with Crippen LogP contribution >= 0.6 is 0 Å². The fourth-order valence-electron chi connectivity index (χ4n) is 2.17. The standard InChI is InChI=1S/C15H13N2/c1-3-7-12(8-4-1)14-15(17-11-16-14)13-9-5-2-6-10-13/h1-10,14-15H,(H,16,17)/t14-,15+. The Morgan fingerprint density at radius 2 is 1.41 bits per heavy atom. The van der Waals surface area contributed by atoms with Crippen LogP contribution in [0.5, 0.6) is 0 Å². The molecule has 2 atom stereocenters. The summed E-state index contributed by atoms with van der Waals surface area (Å²) in [6.45, 7) is 0. The van der Waals surface area contributed by atoms with Crippen molar-refractivity contribution in [1.29, 1.82) is 0 Å². The predicted octanol–water partition coefficient (Wildman–Crippen LogP) is 2.98. The Hall–Kier alpha value is -2.09. The highest BCUT2D eigenvalue weighted by molar-refractivity contribution is 5.60. The van der Waals surface area contributed by atoms with Crippen molar-refractivity contribution in [3.05, 3.63) is 71.8 Å². The van der Waals surface area contributed by atoms with Crippen LogP contribution in [-0.2, 0) is 0 Å². The molecule has 0 aromatic heterocycles. The van der Waals surface area contributed by atoms with E-state index in [4.69, 9.17) is 0 Å². The minimum atomic E-state index is 0.124. The smallest absolute Gasteiger partial charge is 0.165 e. The summed E-state index contributed by atoms with van der Waals surface area (Å²) < 4.78 is 0. The second-order valence-corrected chi connectivity index (χ2v) is 4.13. The Labute approximate surface area is 101 Å². The number of nitrogens with one attached hydrogen (secondary N) is 1. The van der Waals surface area contributed by atoms with Gasteiger partial charge in [0.15, 0.2) is 6.34 Å². The molecule has 0 aliphatic carbocycles. The second kappa shape index (κ2) is 4.42. The molecule has 0 saturated carbocycles. The summed E-state index contributed by atoms with van der Waals surface area (Å²) >= 11 is 0. The van der Waals surface area contributed by atoms with Gasteiger partial charge in [-0.1, -0.05) is 60.7 Å². The summed E-state index contributed by atoms with van der Waals surface area (Å²) in [7, 11) is 0. The monoisotopic (exact) mass is 221 g/mol. The topological polar surface area (TPSA) is 24.4 Å². The summed E-state index contributed by atoms with van der Waals surface area (Å²) in [4.78, 5) is 4.40. The van der Waals surface area contributed by atoms with Crippen LogP contribution in [-0.4, -0.2) is 6.34 Å². The summed E-state index contributed by atoms with van der Waals surface area (Å²) in [6.07, 6.45) is 2.89. The van der Waals surface area contributed by atoms with Crippen LogP contribution in [0.15, 0.2) is 65.7 Å². The highest BCUT2D eigenvalue weighted by Crippen LogP contribution is 2.34. The first-order valence-corrected chi connectivity index (χ1v) is 5.75. The van der Waals surface area contributed by atoms with Crippen LogP contribution in [0.2, 0.25) is 0 Å². The number of hydrogen-bond donors (Lipinski definition) is 1. The molecular formula is C15H13N2.